The summed E-state index contributed by atoms with van der Waals surface area (Å²) in [6.45, 7) is 4.41. The molecule has 0 saturated carbocycles. The van der Waals surface area contributed by atoms with Gasteiger partial charge in [0, 0.05) is 13.1 Å². The second-order valence-electron chi connectivity index (χ2n) is 4.36. The van der Waals surface area contributed by atoms with E-state index in [9.17, 15) is 13.2 Å². The van der Waals surface area contributed by atoms with Gasteiger partial charge < -0.3 is 10.6 Å². The van der Waals surface area contributed by atoms with Crippen LogP contribution in [0.1, 0.15) is 26.7 Å². The second kappa shape index (κ2) is 5.63. The van der Waals surface area contributed by atoms with Crippen molar-refractivity contribution in [3.63, 3.8) is 0 Å². The van der Waals surface area contributed by atoms with Gasteiger partial charge in [-0.2, -0.15) is 0 Å². The van der Waals surface area contributed by atoms with Crippen LogP contribution >= 0.6 is 0 Å². The van der Waals surface area contributed by atoms with Crippen molar-refractivity contribution in [1.29, 1.82) is 0 Å². The highest BCUT2D eigenvalue weighted by atomic mass is 32.2. The van der Waals surface area contributed by atoms with Crippen molar-refractivity contribution >= 4 is 15.7 Å². The topological polar surface area (TPSA) is 75.3 Å². The predicted octanol–water partition coefficient (Wildman–Crippen LogP) is -0.322. The van der Waals surface area contributed by atoms with Crippen LogP contribution in [0.15, 0.2) is 0 Å². The van der Waals surface area contributed by atoms with Gasteiger partial charge in [-0.25, -0.2) is 8.42 Å². The normalized spacial score (nSPS) is 22.2. The molecule has 1 fully saturated rings. The van der Waals surface area contributed by atoms with Gasteiger partial charge in [-0.3, -0.25) is 4.79 Å². The molecule has 1 amide bonds. The first-order chi connectivity index (χ1) is 7.43. The van der Waals surface area contributed by atoms with E-state index in [1.165, 1.54) is 0 Å². The van der Waals surface area contributed by atoms with Crippen LogP contribution in [0.5, 0.6) is 0 Å². The minimum Gasteiger partial charge on any atom is -0.355 e. The number of hydrogen-bond acceptors (Lipinski definition) is 4. The summed E-state index contributed by atoms with van der Waals surface area (Å²) >= 11 is 0. The molecule has 0 bridgehead atoms. The van der Waals surface area contributed by atoms with Crippen LogP contribution in [0.2, 0.25) is 0 Å². The number of amides is 1. The lowest BCUT2D eigenvalue weighted by Crippen LogP contribution is -2.49. The maximum Gasteiger partial charge on any atom is 0.237 e. The lowest BCUT2D eigenvalue weighted by molar-refractivity contribution is -0.124. The van der Waals surface area contributed by atoms with Gasteiger partial charge in [0.1, 0.15) is 0 Å². The number of hydrogen-bond donors (Lipinski definition) is 2. The molecule has 0 aromatic rings. The van der Waals surface area contributed by atoms with Gasteiger partial charge in [0.05, 0.1) is 17.0 Å². The first-order valence-corrected chi connectivity index (χ1v) is 7.37. The van der Waals surface area contributed by atoms with Crippen LogP contribution < -0.4 is 10.6 Å². The largest absolute Gasteiger partial charge is 0.355 e. The average Bonchev–Trinajstić information content (AvgIpc) is 2.20. The zero-order valence-electron chi connectivity index (χ0n) is 9.82. The van der Waals surface area contributed by atoms with E-state index in [0.29, 0.717) is 6.54 Å². The van der Waals surface area contributed by atoms with Crippen molar-refractivity contribution < 1.29 is 13.2 Å². The van der Waals surface area contributed by atoms with Crippen molar-refractivity contribution in [3.05, 3.63) is 0 Å². The fourth-order valence-corrected chi connectivity index (χ4v) is 2.45. The van der Waals surface area contributed by atoms with Crippen LogP contribution in [0.4, 0.5) is 0 Å². The van der Waals surface area contributed by atoms with E-state index in [0.717, 1.165) is 19.4 Å². The highest BCUT2D eigenvalue weighted by Crippen LogP contribution is 2.04. The summed E-state index contributed by atoms with van der Waals surface area (Å²) in [4.78, 5) is 11.4. The average molecular weight is 248 g/mol. The number of piperidine rings is 1. The Balaban J connectivity index is 2.32. The van der Waals surface area contributed by atoms with Gasteiger partial charge >= 0.3 is 0 Å². The van der Waals surface area contributed by atoms with E-state index in [-0.39, 0.29) is 23.0 Å². The van der Waals surface area contributed by atoms with Crippen LogP contribution in [-0.2, 0) is 14.6 Å². The van der Waals surface area contributed by atoms with Gasteiger partial charge in [0.25, 0.3) is 0 Å². The van der Waals surface area contributed by atoms with Gasteiger partial charge in [-0.05, 0) is 26.7 Å². The van der Waals surface area contributed by atoms with Crippen LogP contribution in [0.3, 0.4) is 0 Å². The zero-order chi connectivity index (χ0) is 12.2. The number of rotatable bonds is 5. The van der Waals surface area contributed by atoms with E-state index < -0.39 is 9.84 Å². The summed E-state index contributed by atoms with van der Waals surface area (Å²) in [7, 11) is -3.01. The molecule has 16 heavy (non-hydrogen) atoms. The van der Waals surface area contributed by atoms with Crippen molar-refractivity contribution in [2.45, 2.75) is 38.0 Å². The smallest absolute Gasteiger partial charge is 0.237 e. The molecular formula is C10H20N2O3S. The van der Waals surface area contributed by atoms with E-state index >= 15 is 0 Å². The molecule has 1 aliphatic rings. The molecule has 5 nitrogen and oxygen atoms in total. The Hall–Kier alpha value is -0.620. The first-order valence-electron chi connectivity index (χ1n) is 5.66. The SMILES string of the molecule is CC(C)S(=O)(=O)CCNC1CCCNC1=O. The standard InChI is InChI=1S/C10H20N2O3S/c1-8(2)16(14,15)7-6-11-9-4-3-5-12-10(9)13/h8-9,11H,3-7H2,1-2H3,(H,12,13). The minimum absolute atomic E-state index is 0.0202. The molecule has 0 spiro atoms. The van der Waals surface area contributed by atoms with E-state index in [4.69, 9.17) is 0 Å². The number of nitrogens with one attached hydrogen (secondary N) is 2. The summed E-state index contributed by atoms with van der Waals surface area (Å²) in [5.74, 6) is 0.0715. The monoisotopic (exact) mass is 248 g/mol. The molecule has 0 aromatic heterocycles. The summed E-state index contributed by atoms with van der Waals surface area (Å²) in [6.07, 6.45) is 1.73. The van der Waals surface area contributed by atoms with Crippen molar-refractivity contribution in [3.8, 4) is 0 Å². The van der Waals surface area contributed by atoms with Crippen molar-refractivity contribution in [2.24, 2.45) is 0 Å². The lowest BCUT2D eigenvalue weighted by atomic mass is 10.1. The maximum atomic E-state index is 11.5. The lowest BCUT2D eigenvalue weighted by Gasteiger charge is -2.22. The van der Waals surface area contributed by atoms with Gasteiger partial charge in [0.2, 0.25) is 5.91 Å². The molecule has 0 radical (unpaired) electrons. The third-order valence-electron chi connectivity index (χ3n) is 2.78. The molecule has 1 rings (SSSR count). The molecule has 1 aliphatic heterocycles. The third-order valence-corrected chi connectivity index (χ3v) is 4.99. The summed E-state index contributed by atoms with van der Waals surface area (Å²) in [6, 6.07) is -0.226. The molecule has 2 N–H and O–H groups in total. The van der Waals surface area contributed by atoms with Crippen molar-refractivity contribution in [2.75, 3.05) is 18.8 Å². The fraction of sp³-hybridized carbons (Fsp3) is 0.900. The number of sulfone groups is 1. The minimum atomic E-state index is -3.01. The van der Waals surface area contributed by atoms with Gasteiger partial charge in [-0.15, -0.1) is 0 Å². The van der Waals surface area contributed by atoms with E-state index in [1.54, 1.807) is 13.8 Å². The fourth-order valence-electron chi connectivity index (χ4n) is 1.58. The molecule has 1 heterocycles. The molecule has 1 atom stereocenters. The number of carbonyl (C=O) groups is 1. The predicted molar refractivity (Wildman–Crippen MR) is 63.0 cm³/mol. The molecule has 0 aromatic carbocycles. The zero-order valence-corrected chi connectivity index (χ0v) is 10.6. The summed E-state index contributed by atoms with van der Waals surface area (Å²) in [5.41, 5.74) is 0. The molecular weight excluding hydrogens is 228 g/mol. The van der Waals surface area contributed by atoms with E-state index in [2.05, 4.69) is 10.6 Å². The molecule has 0 aliphatic carbocycles. The van der Waals surface area contributed by atoms with Crippen LogP contribution in [0.25, 0.3) is 0 Å². The highest BCUT2D eigenvalue weighted by Gasteiger charge is 2.22. The Bertz CT molecular complexity index is 338. The van der Waals surface area contributed by atoms with E-state index in [1.807, 2.05) is 0 Å². The first kappa shape index (κ1) is 13.4. The Kier molecular flexibility index (Phi) is 4.73. The highest BCUT2D eigenvalue weighted by molar-refractivity contribution is 7.92. The Morgan fingerprint density at radius 1 is 1.50 bits per heavy atom. The third kappa shape index (κ3) is 3.75. The van der Waals surface area contributed by atoms with Crippen LogP contribution in [-0.4, -0.2) is 44.5 Å². The maximum absolute atomic E-state index is 11.5. The van der Waals surface area contributed by atoms with Gasteiger partial charge in [-0.1, -0.05) is 0 Å². The Labute approximate surface area is 96.9 Å². The Morgan fingerprint density at radius 2 is 2.19 bits per heavy atom. The molecule has 1 unspecified atom stereocenters. The molecule has 6 heteroatoms. The van der Waals surface area contributed by atoms with Gasteiger partial charge in [0.15, 0.2) is 9.84 Å². The number of carbonyl (C=O) groups excluding carboxylic acids is 1. The van der Waals surface area contributed by atoms with Crippen molar-refractivity contribution in [1.82, 2.24) is 10.6 Å². The summed E-state index contributed by atoms with van der Waals surface area (Å²) in [5, 5.41) is 5.39. The molecule has 94 valence electrons. The Morgan fingerprint density at radius 3 is 2.75 bits per heavy atom. The molecule has 1 saturated heterocycles. The van der Waals surface area contributed by atoms with Crippen LogP contribution in [0, 0.1) is 0 Å². The quantitative estimate of drug-likeness (QED) is 0.699. The summed E-state index contributed by atoms with van der Waals surface area (Å²) < 4.78 is 23.0. The second-order valence-corrected chi connectivity index (χ2v) is 7.03.